The molecular weight excluding hydrogens is 298 g/mol. The molecule has 0 spiro atoms. The molecule has 0 unspecified atom stereocenters. The summed E-state index contributed by atoms with van der Waals surface area (Å²) in [6.07, 6.45) is 6.45. The molecule has 2 rings (SSSR count). The Kier molecular flexibility index (Phi) is 7.60. The monoisotopic (exact) mass is 327 g/mol. The molecule has 0 aromatic heterocycles. The summed E-state index contributed by atoms with van der Waals surface area (Å²) in [5.74, 6) is 0.620. The minimum atomic E-state index is -0.225. The summed E-state index contributed by atoms with van der Waals surface area (Å²) in [4.78, 5) is 14.4. The van der Waals surface area contributed by atoms with Crippen molar-refractivity contribution in [2.75, 3.05) is 13.1 Å². The number of hydrogen-bond acceptors (Lipinski definition) is 2. The zero-order chi connectivity index (χ0) is 17.2. The van der Waals surface area contributed by atoms with Crippen molar-refractivity contribution in [2.24, 2.45) is 0 Å². The summed E-state index contributed by atoms with van der Waals surface area (Å²) in [6.45, 7) is 5.91. The maximum Gasteiger partial charge on any atom is 0.415 e. The largest absolute Gasteiger partial charge is 0.415 e. The van der Waals surface area contributed by atoms with Gasteiger partial charge in [0.05, 0.1) is 0 Å². The molecule has 0 bridgehead atoms. The number of carbonyl (C=O) groups is 1. The summed E-state index contributed by atoms with van der Waals surface area (Å²) < 4.78 is 5.63. The van der Waals surface area contributed by atoms with Gasteiger partial charge in [-0.15, -0.1) is 0 Å². The third kappa shape index (κ3) is 5.55. The van der Waals surface area contributed by atoms with E-state index in [0.717, 1.165) is 62.4 Å². The van der Waals surface area contributed by atoms with E-state index in [9.17, 15) is 4.79 Å². The second-order valence-corrected chi connectivity index (χ2v) is 6.28. The predicted octanol–water partition coefficient (Wildman–Crippen LogP) is 6.02. The average Bonchev–Trinajstić information content (AvgIpc) is 2.60. The Hall–Kier alpha value is -2.03. The van der Waals surface area contributed by atoms with E-state index in [1.54, 1.807) is 0 Å². The smallest absolute Gasteiger partial charge is 0.410 e. The lowest BCUT2D eigenvalue weighted by atomic mass is 10.1. The van der Waals surface area contributed by atoms with Crippen LogP contribution in [0.4, 0.5) is 4.79 Å². The minimum Gasteiger partial charge on any atom is -0.410 e. The fraction of sp³-hybridized carbons (Fsp3) is 0.476. The van der Waals surface area contributed by atoms with Gasteiger partial charge in [0.25, 0.3) is 0 Å². The Morgan fingerprint density at radius 3 is 2.12 bits per heavy atom. The van der Waals surface area contributed by atoms with Crippen LogP contribution in [-0.2, 0) is 0 Å². The fourth-order valence-corrected chi connectivity index (χ4v) is 2.80. The first-order valence-electron chi connectivity index (χ1n) is 9.20. The first-order chi connectivity index (χ1) is 11.7. The van der Waals surface area contributed by atoms with Crippen LogP contribution in [0, 0.1) is 0 Å². The van der Waals surface area contributed by atoms with Crippen molar-refractivity contribution in [3.8, 4) is 5.75 Å². The second-order valence-electron chi connectivity index (χ2n) is 6.28. The van der Waals surface area contributed by atoms with Crippen molar-refractivity contribution in [3.63, 3.8) is 0 Å². The van der Waals surface area contributed by atoms with Crippen LogP contribution in [0.15, 0.2) is 42.5 Å². The zero-order valence-electron chi connectivity index (χ0n) is 15.0. The molecule has 3 heteroatoms. The Morgan fingerprint density at radius 2 is 1.50 bits per heavy atom. The molecule has 0 atom stereocenters. The summed E-state index contributed by atoms with van der Waals surface area (Å²) in [5, 5.41) is 2.24. The summed E-state index contributed by atoms with van der Waals surface area (Å²) >= 11 is 0. The van der Waals surface area contributed by atoms with Gasteiger partial charge in [0.1, 0.15) is 5.75 Å². The zero-order valence-corrected chi connectivity index (χ0v) is 15.0. The van der Waals surface area contributed by atoms with Crippen molar-refractivity contribution in [2.45, 2.75) is 52.4 Å². The van der Waals surface area contributed by atoms with Gasteiger partial charge in [-0.1, -0.05) is 69.9 Å². The number of carbonyl (C=O) groups excluding carboxylic acids is 1. The average molecular weight is 327 g/mol. The molecule has 130 valence electrons. The van der Waals surface area contributed by atoms with Crippen LogP contribution in [0.3, 0.4) is 0 Å². The number of amides is 1. The summed E-state index contributed by atoms with van der Waals surface area (Å²) in [7, 11) is 0. The van der Waals surface area contributed by atoms with E-state index >= 15 is 0 Å². The lowest BCUT2D eigenvalue weighted by Gasteiger charge is -2.22. The molecule has 2 aromatic rings. The number of fused-ring (bicyclic) bond motifs is 1. The van der Waals surface area contributed by atoms with Crippen molar-refractivity contribution in [1.29, 1.82) is 0 Å². The Bertz CT molecular complexity index is 629. The van der Waals surface area contributed by atoms with E-state index in [1.165, 1.54) is 0 Å². The number of unbranched alkanes of at least 4 members (excludes halogenated alkanes) is 4. The molecule has 0 N–H and O–H groups in total. The number of benzene rings is 2. The molecule has 0 aliphatic rings. The molecule has 0 heterocycles. The third-order valence-corrected chi connectivity index (χ3v) is 4.25. The molecule has 2 aromatic carbocycles. The fourth-order valence-electron chi connectivity index (χ4n) is 2.80. The van der Waals surface area contributed by atoms with Gasteiger partial charge in [-0.05, 0) is 35.7 Å². The standard InChI is InChI=1S/C21H29NO2/c1-3-5-9-15-22(16-10-6-4-2)21(23)24-20-14-13-18-11-7-8-12-19(18)17-20/h7-8,11-14,17H,3-6,9-10,15-16H2,1-2H3. The third-order valence-electron chi connectivity index (χ3n) is 4.25. The number of hydrogen-bond donors (Lipinski definition) is 0. The van der Waals surface area contributed by atoms with E-state index in [1.807, 2.05) is 41.3 Å². The van der Waals surface area contributed by atoms with E-state index in [4.69, 9.17) is 4.74 Å². The van der Waals surface area contributed by atoms with Crippen molar-refractivity contribution in [1.82, 2.24) is 4.90 Å². The number of nitrogens with zero attached hydrogens (tertiary/aromatic N) is 1. The van der Waals surface area contributed by atoms with Crippen LogP contribution in [0.2, 0.25) is 0 Å². The Labute approximate surface area is 145 Å². The van der Waals surface area contributed by atoms with Crippen LogP contribution < -0.4 is 4.74 Å². The number of rotatable bonds is 9. The lowest BCUT2D eigenvalue weighted by molar-refractivity contribution is 0.150. The molecule has 24 heavy (non-hydrogen) atoms. The SMILES string of the molecule is CCCCCN(CCCCC)C(=O)Oc1ccc2ccccc2c1. The van der Waals surface area contributed by atoms with Gasteiger partial charge in [-0.2, -0.15) is 0 Å². The van der Waals surface area contributed by atoms with Crippen LogP contribution in [0.5, 0.6) is 5.75 Å². The molecule has 0 saturated carbocycles. The van der Waals surface area contributed by atoms with Crippen molar-refractivity contribution >= 4 is 16.9 Å². The van der Waals surface area contributed by atoms with Gasteiger partial charge in [0.15, 0.2) is 0 Å². The van der Waals surface area contributed by atoms with Crippen LogP contribution in [0.1, 0.15) is 52.4 Å². The van der Waals surface area contributed by atoms with Gasteiger partial charge >= 0.3 is 6.09 Å². The molecule has 0 radical (unpaired) electrons. The Morgan fingerprint density at radius 1 is 0.875 bits per heavy atom. The molecular formula is C21H29NO2. The lowest BCUT2D eigenvalue weighted by Crippen LogP contribution is -2.35. The van der Waals surface area contributed by atoms with Crippen LogP contribution >= 0.6 is 0 Å². The van der Waals surface area contributed by atoms with Gasteiger partial charge in [-0.3, -0.25) is 0 Å². The number of ether oxygens (including phenoxy) is 1. The van der Waals surface area contributed by atoms with Crippen LogP contribution in [0.25, 0.3) is 10.8 Å². The highest BCUT2D eigenvalue weighted by Crippen LogP contribution is 2.21. The highest BCUT2D eigenvalue weighted by atomic mass is 16.6. The van der Waals surface area contributed by atoms with E-state index in [0.29, 0.717) is 5.75 Å². The molecule has 0 saturated heterocycles. The Balaban J connectivity index is 2.00. The topological polar surface area (TPSA) is 29.5 Å². The first kappa shape index (κ1) is 18.3. The molecule has 0 fully saturated rings. The molecule has 3 nitrogen and oxygen atoms in total. The van der Waals surface area contributed by atoms with Crippen molar-refractivity contribution < 1.29 is 9.53 Å². The summed E-state index contributed by atoms with van der Waals surface area (Å²) in [6, 6.07) is 13.9. The van der Waals surface area contributed by atoms with Gasteiger partial charge in [0, 0.05) is 13.1 Å². The molecule has 0 aliphatic heterocycles. The molecule has 0 aliphatic carbocycles. The van der Waals surface area contributed by atoms with Crippen LogP contribution in [-0.4, -0.2) is 24.1 Å². The highest BCUT2D eigenvalue weighted by molar-refractivity contribution is 5.84. The highest BCUT2D eigenvalue weighted by Gasteiger charge is 2.15. The van der Waals surface area contributed by atoms with Gasteiger partial charge < -0.3 is 9.64 Å². The first-order valence-corrected chi connectivity index (χ1v) is 9.20. The van der Waals surface area contributed by atoms with Crippen molar-refractivity contribution in [3.05, 3.63) is 42.5 Å². The summed E-state index contributed by atoms with van der Waals surface area (Å²) in [5.41, 5.74) is 0. The van der Waals surface area contributed by atoms with E-state index in [-0.39, 0.29) is 6.09 Å². The maximum atomic E-state index is 12.5. The maximum absolute atomic E-state index is 12.5. The minimum absolute atomic E-state index is 0.225. The molecule has 1 amide bonds. The normalized spacial score (nSPS) is 10.8. The van der Waals surface area contributed by atoms with E-state index < -0.39 is 0 Å². The second kappa shape index (κ2) is 9.96. The van der Waals surface area contributed by atoms with Gasteiger partial charge in [-0.25, -0.2) is 4.79 Å². The van der Waals surface area contributed by atoms with Gasteiger partial charge in [0.2, 0.25) is 0 Å². The quantitative estimate of drug-likeness (QED) is 0.527. The predicted molar refractivity (Wildman–Crippen MR) is 101 cm³/mol. The van der Waals surface area contributed by atoms with E-state index in [2.05, 4.69) is 19.9 Å².